The molecule has 0 saturated carbocycles. The maximum atomic E-state index is 13.6. The second-order valence-corrected chi connectivity index (χ2v) is 5.42. The summed E-state index contributed by atoms with van der Waals surface area (Å²) in [5.74, 6) is -4.54. The highest BCUT2D eigenvalue weighted by molar-refractivity contribution is 6.05. The van der Waals surface area contributed by atoms with Gasteiger partial charge in [-0.15, -0.1) is 0 Å². The molecule has 0 fully saturated rings. The van der Waals surface area contributed by atoms with Gasteiger partial charge in [-0.05, 0) is 17.0 Å². The average molecular weight is 239 g/mol. The Kier molecular flexibility index (Phi) is 2.32. The normalized spacial score (nSPS) is 18.5. The number of halogens is 2. The van der Waals surface area contributed by atoms with Gasteiger partial charge in [0.2, 0.25) is 0 Å². The number of carbonyl (C=O) groups is 1. The van der Waals surface area contributed by atoms with E-state index in [-0.39, 0.29) is 11.0 Å². The van der Waals surface area contributed by atoms with E-state index in [4.69, 9.17) is 0 Å². The first-order chi connectivity index (χ1) is 7.65. The summed E-state index contributed by atoms with van der Waals surface area (Å²) in [5, 5.41) is 0. The van der Waals surface area contributed by atoms with Crippen molar-refractivity contribution in [3.8, 4) is 0 Å². The molecule has 0 spiro atoms. The third-order valence-electron chi connectivity index (χ3n) is 3.14. The van der Waals surface area contributed by atoms with E-state index in [1.165, 1.54) is 13.1 Å². The lowest BCUT2D eigenvalue weighted by Crippen LogP contribution is -2.31. The van der Waals surface area contributed by atoms with Crippen molar-refractivity contribution in [2.45, 2.75) is 32.1 Å². The third-order valence-corrected chi connectivity index (χ3v) is 3.14. The van der Waals surface area contributed by atoms with Gasteiger partial charge in [0.1, 0.15) is 0 Å². The molecule has 1 aliphatic rings. The molecule has 1 aromatic carbocycles. The number of benzene rings is 1. The minimum absolute atomic E-state index is 0.128. The summed E-state index contributed by atoms with van der Waals surface area (Å²) >= 11 is 0. The number of anilines is 1. The zero-order valence-electron chi connectivity index (χ0n) is 10.3. The molecule has 0 radical (unpaired) electrons. The van der Waals surface area contributed by atoms with Gasteiger partial charge in [-0.25, -0.2) is 0 Å². The lowest BCUT2D eigenvalue weighted by atomic mass is 9.86. The minimum atomic E-state index is -3.39. The van der Waals surface area contributed by atoms with E-state index in [0.717, 1.165) is 10.5 Å². The maximum absolute atomic E-state index is 13.6. The number of hydrogen-bond donors (Lipinski definition) is 0. The summed E-state index contributed by atoms with van der Waals surface area (Å²) in [7, 11) is 1.38. The van der Waals surface area contributed by atoms with Crippen molar-refractivity contribution in [3.05, 3.63) is 29.3 Å². The molecular formula is C13H15F2NO. The van der Waals surface area contributed by atoms with Crippen LogP contribution in [0.3, 0.4) is 0 Å². The molecule has 4 heteroatoms. The minimum Gasteiger partial charge on any atom is -0.309 e. The smallest absolute Gasteiger partial charge is 0.309 e. The highest BCUT2D eigenvalue weighted by Gasteiger charge is 2.51. The summed E-state index contributed by atoms with van der Waals surface area (Å²) in [6.07, 6.45) is 0. The number of hydrogen-bond acceptors (Lipinski definition) is 1. The predicted molar refractivity (Wildman–Crippen MR) is 62.4 cm³/mol. The van der Waals surface area contributed by atoms with Gasteiger partial charge >= 0.3 is 11.8 Å². The fraction of sp³-hybridized carbons (Fsp3) is 0.462. The summed E-state index contributed by atoms with van der Waals surface area (Å²) in [6, 6.07) is 4.70. The van der Waals surface area contributed by atoms with Crippen LogP contribution in [-0.2, 0) is 16.1 Å². The first-order valence-electron chi connectivity index (χ1n) is 5.46. The van der Waals surface area contributed by atoms with E-state index < -0.39 is 11.8 Å². The fourth-order valence-corrected chi connectivity index (χ4v) is 1.98. The second kappa shape index (κ2) is 3.28. The van der Waals surface area contributed by atoms with Crippen LogP contribution in [0.1, 0.15) is 31.9 Å². The van der Waals surface area contributed by atoms with Gasteiger partial charge < -0.3 is 4.90 Å². The predicted octanol–water partition coefficient (Wildman–Crippen LogP) is 3.05. The highest BCUT2D eigenvalue weighted by atomic mass is 19.3. The van der Waals surface area contributed by atoms with Crippen molar-refractivity contribution in [3.63, 3.8) is 0 Å². The van der Waals surface area contributed by atoms with Crippen LogP contribution in [0, 0.1) is 0 Å². The van der Waals surface area contributed by atoms with Gasteiger partial charge in [0.05, 0.1) is 11.3 Å². The molecule has 0 aromatic heterocycles. The number of alkyl halides is 2. The van der Waals surface area contributed by atoms with Gasteiger partial charge in [-0.3, -0.25) is 4.79 Å². The Labute approximate surface area is 99.2 Å². The van der Waals surface area contributed by atoms with Crippen molar-refractivity contribution in [2.24, 2.45) is 0 Å². The number of amides is 1. The zero-order valence-corrected chi connectivity index (χ0v) is 10.3. The van der Waals surface area contributed by atoms with E-state index in [0.29, 0.717) is 5.69 Å². The van der Waals surface area contributed by atoms with Crippen molar-refractivity contribution >= 4 is 11.6 Å². The fourth-order valence-electron chi connectivity index (χ4n) is 1.98. The summed E-state index contributed by atoms with van der Waals surface area (Å²) in [5.41, 5.74) is 0.926. The van der Waals surface area contributed by atoms with Crippen molar-refractivity contribution < 1.29 is 13.6 Å². The van der Waals surface area contributed by atoms with Crippen LogP contribution in [-0.4, -0.2) is 13.0 Å². The molecule has 0 bridgehead atoms. The molecule has 1 amide bonds. The molecule has 1 heterocycles. The third kappa shape index (κ3) is 1.63. The summed E-state index contributed by atoms with van der Waals surface area (Å²) in [4.78, 5) is 12.5. The Hall–Kier alpha value is -1.45. The van der Waals surface area contributed by atoms with E-state index >= 15 is 0 Å². The molecule has 92 valence electrons. The average Bonchev–Trinajstić information content (AvgIpc) is 2.39. The van der Waals surface area contributed by atoms with Crippen LogP contribution in [0.15, 0.2) is 18.2 Å². The lowest BCUT2D eigenvalue weighted by Gasteiger charge is -2.20. The molecule has 17 heavy (non-hydrogen) atoms. The number of carbonyl (C=O) groups excluding carboxylic acids is 1. The summed E-state index contributed by atoms with van der Waals surface area (Å²) in [6.45, 7) is 6.01. The Morgan fingerprint density at radius 3 is 2.35 bits per heavy atom. The van der Waals surface area contributed by atoms with Crippen LogP contribution in [0.4, 0.5) is 14.5 Å². The van der Waals surface area contributed by atoms with E-state index in [2.05, 4.69) is 0 Å². The molecular weight excluding hydrogens is 224 g/mol. The Morgan fingerprint density at radius 2 is 1.82 bits per heavy atom. The molecule has 0 unspecified atom stereocenters. The number of nitrogens with zero attached hydrogens (tertiary/aromatic N) is 1. The molecule has 0 N–H and O–H groups in total. The van der Waals surface area contributed by atoms with E-state index in [1.807, 2.05) is 20.8 Å². The second-order valence-electron chi connectivity index (χ2n) is 5.42. The Balaban J connectivity index is 2.61. The molecule has 2 nitrogen and oxygen atoms in total. The van der Waals surface area contributed by atoms with E-state index in [9.17, 15) is 13.6 Å². The van der Waals surface area contributed by atoms with Gasteiger partial charge in [0, 0.05) is 7.05 Å². The lowest BCUT2D eigenvalue weighted by molar-refractivity contribution is -0.141. The van der Waals surface area contributed by atoms with Gasteiger partial charge in [0.15, 0.2) is 0 Å². The highest BCUT2D eigenvalue weighted by Crippen LogP contribution is 2.44. The first kappa shape index (κ1) is 12.0. The molecule has 2 rings (SSSR count). The van der Waals surface area contributed by atoms with Gasteiger partial charge in [0.25, 0.3) is 0 Å². The Bertz CT molecular complexity index is 489. The molecule has 1 aromatic rings. The quantitative estimate of drug-likeness (QED) is 0.681. The summed E-state index contributed by atoms with van der Waals surface area (Å²) < 4.78 is 27.2. The van der Waals surface area contributed by atoms with Crippen molar-refractivity contribution in [1.29, 1.82) is 0 Å². The molecule has 0 atom stereocenters. The van der Waals surface area contributed by atoms with Crippen LogP contribution >= 0.6 is 0 Å². The van der Waals surface area contributed by atoms with Crippen LogP contribution in [0.2, 0.25) is 0 Å². The SMILES string of the molecule is CN1C(=O)C(F)(F)c2ccc(C(C)(C)C)cc21. The first-order valence-corrected chi connectivity index (χ1v) is 5.46. The Morgan fingerprint density at radius 1 is 1.24 bits per heavy atom. The molecule has 1 aliphatic heterocycles. The standard InChI is InChI=1S/C13H15F2NO/c1-12(2,3)8-5-6-9-10(7-8)16(4)11(17)13(9,14)15/h5-7H,1-4H3. The zero-order chi connectivity index (χ0) is 13.0. The number of rotatable bonds is 0. The van der Waals surface area contributed by atoms with Crippen LogP contribution in [0.25, 0.3) is 0 Å². The van der Waals surface area contributed by atoms with E-state index in [1.54, 1.807) is 12.1 Å². The topological polar surface area (TPSA) is 20.3 Å². The molecule has 0 aliphatic carbocycles. The monoisotopic (exact) mass is 239 g/mol. The van der Waals surface area contributed by atoms with Crippen molar-refractivity contribution in [2.75, 3.05) is 11.9 Å². The van der Waals surface area contributed by atoms with Crippen molar-refractivity contribution in [1.82, 2.24) is 0 Å². The van der Waals surface area contributed by atoms with Crippen LogP contribution < -0.4 is 4.90 Å². The maximum Gasteiger partial charge on any atom is 0.352 e. The molecule has 0 saturated heterocycles. The van der Waals surface area contributed by atoms with Crippen LogP contribution in [0.5, 0.6) is 0 Å². The number of fused-ring (bicyclic) bond motifs is 1. The van der Waals surface area contributed by atoms with Gasteiger partial charge in [-0.1, -0.05) is 32.9 Å². The number of likely N-dealkylation sites (N-methyl/N-ethyl adjacent to an activating group) is 1. The largest absolute Gasteiger partial charge is 0.352 e. The van der Waals surface area contributed by atoms with Gasteiger partial charge in [-0.2, -0.15) is 8.78 Å².